The maximum Gasteiger partial charge on any atom is 0.191 e. The highest BCUT2D eigenvalue weighted by atomic mass is 127. The van der Waals surface area contributed by atoms with E-state index in [9.17, 15) is 0 Å². The van der Waals surface area contributed by atoms with E-state index in [-0.39, 0.29) is 24.0 Å². The van der Waals surface area contributed by atoms with Gasteiger partial charge in [0.05, 0.1) is 0 Å². The number of nitrogens with one attached hydrogen (secondary N) is 2. The van der Waals surface area contributed by atoms with Crippen LogP contribution in [0.5, 0.6) is 0 Å². The predicted octanol–water partition coefficient (Wildman–Crippen LogP) is 4.60. The van der Waals surface area contributed by atoms with Gasteiger partial charge in [0, 0.05) is 43.1 Å². The van der Waals surface area contributed by atoms with Crippen LogP contribution in [-0.2, 0) is 13.1 Å². The second-order valence-electron chi connectivity index (χ2n) is 6.72. The number of benzene rings is 1. The van der Waals surface area contributed by atoms with Crippen molar-refractivity contribution in [1.29, 1.82) is 0 Å². The molecule has 1 aliphatic heterocycles. The van der Waals surface area contributed by atoms with Crippen molar-refractivity contribution in [1.82, 2.24) is 15.5 Å². The molecule has 4 nitrogen and oxygen atoms in total. The number of likely N-dealkylation sites (tertiary alicyclic amines) is 1. The van der Waals surface area contributed by atoms with Crippen LogP contribution < -0.4 is 10.6 Å². The Balaban J connectivity index is 0.00000261. The summed E-state index contributed by atoms with van der Waals surface area (Å²) in [5, 5.41) is 9.78. The minimum atomic E-state index is 0. The first-order chi connectivity index (χ1) is 12.7. The third-order valence-corrected chi connectivity index (χ3v) is 5.98. The van der Waals surface area contributed by atoms with Gasteiger partial charge in [-0.1, -0.05) is 35.9 Å². The Labute approximate surface area is 188 Å². The van der Waals surface area contributed by atoms with Crippen LogP contribution in [0.2, 0.25) is 5.02 Å². The summed E-state index contributed by atoms with van der Waals surface area (Å²) in [5.41, 5.74) is 1.08. The molecule has 1 aromatic heterocycles. The van der Waals surface area contributed by atoms with Gasteiger partial charge in [-0.3, -0.25) is 9.89 Å². The summed E-state index contributed by atoms with van der Waals surface area (Å²) in [5.74, 6) is 1.49. The fourth-order valence-corrected chi connectivity index (χ4v) is 4.32. The molecule has 1 fully saturated rings. The van der Waals surface area contributed by atoms with Gasteiger partial charge in [0.1, 0.15) is 0 Å². The first-order valence-corrected chi connectivity index (χ1v) is 10.4. The first kappa shape index (κ1) is 22.5. The van der Waals surface area contributed by atoms with Crippen LogP contribution in [0.25, 0.3) is 0 Å². The van der Waals surface area contributed by atoms with E-state index in [0.29, 0.717) is 12.5 Å². The van der Waals surface area contributed by atoms with Crippen molar-refractivity contribution in [3.63, 3.8) is 0 Å². The number of hydrogen-bond donors (Lipinski definition) is 2. The summed E-state index contributed by atoms with van der Waals surface area (Å²) >= 11 is 8.07. The van der Waals surface area contributed by atoms with Gasteiger partial charge in [0.25, 0.3) is 0 Å². The molecule has 0 saturated carbocycles. The molecule has 1 saturated heterocycles. The number of aliphatic imine (C=N–C) groups is 1. The fraction of sp³-hybridized carbons (Fsp3) is 0.450. The number of thiophene rings is 1. The van der Waals surface area contributed by atoms with Gasteiger partial charge in [-0.15, -0.1) is 35.3 Å². The molecule has 148 valence electrons. The van der Waals surface area contributed by atoms with E-state index in [0.717, 1.165) is 36.2 Å². The molecule has 2 aromatic rings. The smallest absolute Gasteiger partial charge is 0.191 e. The highest BCUT2D eigenvalue weighted by Gasteiger charge is 2.20. The molecule has 0 amide bonds. The predicted molar refractivity (Wildman–Crippen MR) is 127 cm³/mol. The van der Waals surface area contributed by atoms with Gasteiger partial charge in [-0.05, 0) is 48.4 Å². The SMILES string of the molecule is CN=C(NCc1ccccc1Cl)NCC1CCCN(Cc2cccs2)C1.I. The summed E-state index contributed by atoms with van der Waals surface area (Å²) < 4.78 is 0. The number of hydrogen-bond acceptors (Lipinski definition) is 3. The highest BCUT2D eigenvalue weighted by molar-refractivity contribution is 14.0. The number of guanidine groups is 1. The Morgan fingerprint density at radius 2 is 2.11 bits per heavy atom. The maximum atomic E-state index is 6.22. The molecule has 0 bridgehead atoms. The Bertz CT molecular complexity index is 708. The second kappa shape index (κ2) is 11.9. The summed E-state index contributed by atoms with van der Waals surface area (Å²) in [7, 11) is 1.81. The lowest BCUT2D eigenvalue weighted by molar-refractivity contribution is 0.169. The lowest BCUT2D eigenvalue weighted by Gasteiger charge is -2.32. The molecule has 3 rings (SSSR count). The largest absolute Gasteiger partial charge is 0.356 e. The van der Waals surface area contributed by atoms with Crippen molar-refractivity contribution in [2.75, 3.05) is 26.7 Å². The van der Waals surface area contributed by atoms with Crippen LogP contribution in [0.15, 0.2) is 46.8 Å². The molecule has 2 heterocycles. The van der Waals surface area contributed by atoms with Crippen molar-refractivity contribution in [3.8, 4) is 0 Å². The van der Waals surface area contributed by atoms with Crippen molar-refractivity contribution < 1.29 is 0 Å². The minimum absolute atomic E-state index is 0. The Hall–Kier alpha value is -0.830. The number of nitrogens with zero attached hydrogens (tertiary/aromatic N) is 2. The van der Waals surface area contributed by atoms with Crippen molar-refractivity contribution in [3.05, 3.63) is 57.2 Å². The third-order valence-electron chi connectivity index (χ3n) is 4.75. The molecular formula is C20H28ClIN4S. The molecule has 2 N–H and O–H groups in total. The van der Waals surface area contributed by atoms with Crippen LogP contribution in [0.4, 0.5) is 0 Å². The minimum Gasteiger partial charge on any atom is -0.356 e. The lowest BCUT2D eigenvalue weighted by Crippen LogP contribution is -2.44. The molecule has 1 unspecified atom stereocenters. The molecule has 0 aliphatic carbocycles. The van der Waals surface area contributed by atoms with Gasteiger partial charge in [-0.25, -0.2) is 0 Å². The van der Waals surface area contributed by atoms with Crippen LogP contribution in [0.1, 0.15) is 23.3 Å². The monoisotopic (exact) mass is 518 g/mol. The standard InChI is InChI=1S/C20H27ClN4S.HI/c1-22-20(24-13-17-7-2-3-9-19(17)21)23-12-16-6-4-10-25(14-16)15-18-8-5-11-26-18;/h2-3,5,7-9,11,16H,4,6,10,12-15H2,1H3,(H2,22,23,24);1H. The van der Waals surface area contributed by atoms with Gasteiger partial charge in [-0.2, -0.15) is 0 Å². The van der Waals surface area contributed by atoms with E-state index in [2.05, 4.69) is 38.0 Å². The van der Waals surface area contributed by atoms with Crippen molar-refractivity contribution in [2.45, 2.75) is 25.9 Å². The van der Waals surface area contributed by atoms with Crippen LogP contribution >= 0.6 is 46.9 Å². The van der Waals surface area contributed by atoms with Crippen LogP contribution in [-0.4, -0.2) is 37.5 Å². The highest BCUT2D eigenvalue weighted by Crippen LogP contribution is 2.20. The number of halogens is 2. The van der Waals surface area contributed by atoms with Crippen LogP contribution in [0, 0.1) is 5.92 Å². The van der Waals surface area contributed by atoms with E-state index < -0.39 is 0 Å². The van der Waals surface area contributed by atoms with Crippen LogP contribution in [0.3, 0.4) is 0 Å². The van der Waals surface area contributed by atoms with Gasteiger partial charge < -0.3 is 10.6 Å². The quantitative estimate of drug-likeness (QED) is 0.334. The molecular weight excluding hydrogens is 491 g/mol. The van der Waals surface area contributed by atoms with E-state index in [1.54, 1.807) is 0 Å². The average Bonchev–Trinajstić information content (AvgIpc) is 3.16. The molecule has 0 spiro atoms. The van der Waals surface area contributed by atoms with E-state index >= 15 is 0 Å². The van der Waals surface area contributed by atoms with E-state index in [1.165, 1.54) is 24.3 Å². The topological polar surface area (TPSA) is 39.7 Å². The summed E-state index contributed by atoms with van der Waals surface area (Å²) in [6, 6.07) is 12.3. The normalized spacial score (nSPS) is 18.0. The molecule has 1 aromatic carbocycles. The van der Waals surface area contributed by atoms with E-state index in [4.69, 9.17) is 11.6 Å². The Morgan fingerprint density at radius 1 is 1.26 bits per heavy atom. The lowest BCUT2D eigenvalue weighted by atomic mass is 9.98. The molecule has 7 heteroatoms. The molecule has 27 heavy (non-hydrogen) atoms. The Kier molecular flexibility index (Phi) is 9.89. The molecule has 0 radical (unpaired) electrons. The van der Waals surface area contributed by atoms with Gasteiger partial charge in [0.2, 0.25) is 0 Å². The second-order valence-corrected chi connectivity index (χ2v) is 8.16. The summed E-state index contributed by atoms with van der Waals surface area (Å²) in [4.78, 5) is 8.36. The molecule has 1 atom stereocenters. The fourth-order valence-electron chi connectivity index (χ4n) is 3.37. The average molecular weight is 519 g/mol. The first-order valence-electron chi connectivity index (χ1n) is 9.17. The van der Waals surface area contributed by atoms with E-state index in [1.807, 2.05) is 42.6 Å². The molecule has 1 aliphatic rings. The number of rotatable bonds is 6. The summed E-state index contributed by atoms with van der Waals surface area (Å²) in [6.45, 7) is 5.05. The van der Waals surface area contributed by atoms with Crippen molar-refractivity contribution >= 4 is 52.9 Å². The summed E-state index contributed by atoms with van der Waals surface area (Å²) in [6.07, 6.45) is 2.54. The maximum absolute atomic E-state index is 6.22. The zero-order valence-electron chi connectivity index (χ0n) is 15.7. The third kappa shape index (κ3) is 7.25. The zero-order chi connectivity index (χ0) is 18.2. The Morgan fingerprint density at radius 3 is 2.85 bits per heavy atom. The zero-order valence-corrected chi connectivity index (χ0v) is 19.6. The van der Waals surface area contributed by atoms with Crippen molar-refractivity contribution in [2.24, 2.45) is 10.9 Å². The van der Waals surface area contributed by atoms with Gasteiger partial charge in [0.15, 0.2) is 5.96 Å². The van der Waals surface area contributed by atoms with Gasteiger partial charge >= 0.3 is 0 Å². The number of piperidine rings is 1.